The normalized spacial score (nSPS) is 11.9. The summed E-state index contributed by atoms with van der Waals surface area (Å²) in [5.41, 5.74) is 1.50. The first kappa shape index (κ1) is 18.6. The van der Waals surface area contributed by atoms with Crippen LogP contribution in [0.3, 0.4) is 0 Å². The summed E-state index contributed by atoms with van der Waals surface area (Å²) in [5.74, 6) is 0.260. The largest absolute Gasteiger partial charge is 0.497 e. The molecule has 0 aromatic heterocycles. The molecular weight excluding hydrogens is 320 g/mol. The lowest BCUT2D eigenvalue weighted by Crippen LogP contribution is -2.15. The molecule has 2 rings (SSSR count). The highest BCUT2D eigenvalue weighted by atomic mass is 16.5. The van der Waals surface area contributed by atoms with Crippen LogP contribution < -0.4 is 14.2 Å². The van der Waals surface area contributed by atoms with E-state index in [9.17, 15) is 9.90 Å². The zero-order chi connectivity index (χ0) is 18.4. The zero-order valence-corrected chi connectivity index (χ0v) is 15.0. The van der Waals surface area contributed by atoms with Gasteiger partial charge in [0.2, 0.25) is 0 Å². The second kappa shape index (κ2) is 8.42. The Morgan fingerprint density at radius 2 is 1.64 bits per heavy atom. The molecule has 0 aliphatic carbocycles. The van der Waals surface area contributed by atoms with Gasteiger partial charge in [-0.2, -0.15) is 0 Å². The van der Waals surface area contributed by atoms with Gasteiger partial charge in [-0.1, -0.05) is 12.1 Å². The maximum Gasteiger partial charge on any atom is 0.311 e. The van der Waals surface area contributed by atoms with Crippen molar-refractivity contribution in [3.63, 3.8) is 0 Å². The Hall–Kier alpha value is -2.69. The number of aliphatic carboxylic acids is 1. The second-order valence-electron chi connectivity index (χ2n) is 6.01. The maximum atomic E-state index is 11.9. The van der Waals surface area contributed by atoms with E-state index in [1.165, 1.54) is 7.11 Å². The first-order valence-corrected chi connectivity index (χ1v) is 8.15. The van der Waals surface area contributed by atoms with Crippen molar-refractivity contribution in [1.29, 1.82) is 0 Å². The molecule has 1 unspecified atom stereocenters. The van der Waals surface area contributed by atoms with Gasteiger partial charge in [0.05, 0.1) is 26.2 Å². The van der Waals surface area contributed by atoms with E-state index in [-0.39, 0.29) is 6.10 Å². The molecule has 0 amide bonds. The van der Waals surface area contributed by atoms with E-state index < -0.39 is 11.9 Å². The van der Waals surface area contributed by atoms with Gasteiger partial charge in [0.15, 0.2) is 0 Å². The third-order valence-electron chi connectivity index (χ3n) is 3.85. The van der Waals surface area contributed by atoms with Crippen LogP contribution in [0.5, 0.6) is 17.2 Å². The van der Waals surface area contributed by atoms with Crippen LogP contribution >= 0.6 is 0 Å². The van der Waals surface area contributed by atoms with Crippen molar-refractivity contribution in [1.82, 2.24) is 0 Å². The molecule has 0 saturated heterocycles. The van der Waals surface area contributed by atoms with E-state index in [0.717, 1.165) is 11.3 Å². The predicted molar refractivity (Wildman–Crippen MR) is 95.8 cm³/mol. The van der Waals surface area contributed by atoms with Gasteiger partial charge in [0, 0.05) is 5.56 Å². The summed E-state index contributed by atoms with van der Waals surface area (Å²) in [6.07, 6.45) is 0.444. The third kappa shape index (κ3) is 4.89. The van der Waals surface area contributed by atoms with E-state index in [2.05, 4.69) is 0 Å². The maximum absolute atomic E-state index is 11.9. The lowest BCUT2D eigenvalue weighted by atomic mass is 9.91. The summed E-state index contributed by atoms with van der Waals surface area (Å²) < 4.78 is 16.2. The topological polar surface area (TPSA) is 65.0 Å². The van der Waals surface area contributed by atoms with Crippen molar-refractivity contribution < 1.29 is 24.1 Å². The SMILES string of the molecule is COc1ccc(OC)c(C(Cc2ccc(OC(C)C)cc2)C(=O)O)c1. The lowest BCUT2D eigenvalue weighted by molar-refractivity contribution is -0.138. The summed E-state index contributed by atoms with van der Waals surface area (Å²) >= 11 is 0. The number of carboxylic acid groups (broad SMARTS) is 1. The van der Waals surface area contributed by atoms with Crippen LogP contribution in [0, 0.1) is 0 Å². The minimum Gasteiger partial charge on any atom is -0.497 e. The van der Waals surface area contributed by atoms with Crippen LogP contribution in [0.4, 0.5) is 0 Å². The van der Waals surface area contributed by atoms with Crippen LogP contribution in [0.25, 0.3) is 0 Å². The molecule has 2 aromatic carbocycles. The Labute approximate surface area is 148 Å². The second-order valence-corrected chi connectivity index (χ2v) is 6.01. The van der Waals surface area contributed by atoms with Crippen LogP contribution in [-0.4, -0.2) is 31.4 Å². The first-order chi connectivity index (χ1) is 11.9. The number of ether oxygens (including phenoxy) is 3. The van der Waals surface area contributed by atoms with Crippen molar-refractivity contribution in [2.24, 2.45) is 0 Å². The van der Waals surface area contributed by atoms with E-state index in [0.29, 0.717) is 23.5 Å². The summed E-state index contributed by atoms with van der Waals surface area (Å²) in [5, 5.41) is 9.72. The minimum absolute atomic E-state index is 0.0960. The van der Waals surface area contributed by atoms with Gasteiger partial charge in [-0.3, -0.25) is 4.79 Å². The van der Waals surface area contributed by atoms with Crippen molar-refractivity contribution in [2.75, 3.05) is 14.2 Å². The molecule has 5 heteroatoms. The van der Waals surface area contributed by atoms with Gasteiger partial charge in [-0.05, 0) is 56.2 Å². The average Bonchev–Trinajstić information content (AvgIpc) is 2.59. The van der Waals surface area contributed by atoms with E-state index in [1.807, 2.05) is 38.1 Å². The Morgan fingerprint density at radius 1 is 1.00 bits per heavy atom. The zero-order valence-electron chi connectivity index (χ0n) is 15.0. The Kier molecular flexibility index (Phi) is 6.28. The number of carboxylic acids is 1. The van der Waals surface area contributed by atoms with Crippen LogP contribution in [0.15, 0.2) is 42.5 Å². The first-order valence-electron chi connectivity index (χ1n) is 8.15. The van der Waals surface area contributed by atoms with Gasteiger partial charge < -0.3 is 19.3 Å². The fourth-order valence-electron chi connectivity index (χ4n) is 2.65. The van der Waals surface area contributed by atoms with Crippen molar-refractivity contribution in [2.45, 2.75) is 32.3 Å². The van der Waals surface area contributed by atoms with E-state index >= 15 is 0 Å². The summed E-state index contributed by atoms with van der Waals surface area (Å²) in [4.78, 5) is 11.9. The van der Waals surface area contributed by atoms with E-state index in [4.69, 9.17) is 14.2 Å². The molecule has 0 radical (unpaired) electrons. The van der Waals surface area contributed by atoms with Crippen molar-refractivity contribution in [3.8, 4) is 17.2 Å². The Balaban J connectivity index is 2.28. The number of hydrogen-bond acceptors (Lipinski definition) is 4. The molecule has 0 aliphatic rings. The molecule has 1 atom stereocenters. The summed E-state index contributed by atoms with van der Waals surface area (Å²) in [6.45, 7) is 3.92. The molecule has 2 aromatic rings. The molecule has 0 saturated carbocycles. The standard InChI is InChI=1S/C20H24O5/c1-13(2)25-15-7-5-14(6-8-15)11-18(20(21)22)17-12-16(23-3)9-10-19(17)24-4/h5-10,12-13,18H,11H2,1-4H3,(H,21,22). The van der Waals surface area contributed by atoms with Gasteiger partial charge in [-0.25, -0.2) is 0 Å². The summed E-state index contributed by atoms with van der Waals surface area (Å²) in [6, 6.07) is 12.7. The number of hydrogen-bond donors (Lipinski definition) is 1. The highest BCUT2D eigenvalue weighted by Crippen LogP contribution is 2.33. The summed E-state index contributed by atoms with van der Waals surface area (Å²) in [7, 11) is 3.08. The average molecular weight is 344 g/mol. The van der Waals surface area contributed by atoms with Gasteiger partial charge >= 0.3 is 5.97 Å². The van der Waals surface area contributed by atoms with Crippen LogP contribution in [-0.2, 0) is 11.2 Å². The highest BCUT2D eigenvalue weighted by molar-refractivity contribution is 5.78. The fraction of sp³-hybridized carbons (Fsp3) is 0.350. The van der Waals surface area contributed by atoms with Crippen molar-refractivity contribution >= 4 is 5.97 Å². The molecule has 1 N–H and O–H groups in total. The Bertz CT molecular complexity index is 707. The molecule has 0 fully saturated rings. The lowest BCUT2D eigenvalue weighted by Gasteiger charge is -2.18. The monoisotopic (exact) mass is 344 g/mol. The number of methoxy groups -OCH3 is 2. The number of benzene rings is 2. The van der Waals surface area contributed by atoms with Gasteiger partial charge in [0.25, 0.3) is 0 Å². The van der Waals surface area contributed by atoms with Crippen LogP contribution in [0.2, 0.25) is 0 Å². The molecule has 0 spiro atoms. The Morgan fingerprint density at radius 3 is 2.16 bits per heavy atom. The molecule has 0 aliphatic heterocycles. The highest BCUT2D eigenvalue weighted by Gasteiger charge is 2.24. The molecular formula is C20H24O5. The minimum atomic E-state index is -0.908. The molecule has 5 nitrogen and oxygen atoms in total. The molecule has 0 bridgehead atoms. The van der Waals surface area contributed by atoms with Gasteiger partial charge in [-0.15, -0.1) is 0 Å². The predicted octanol–water partition coefficient (Wildman–Crippen LogP) is 3.90. The van der Waals surface area contributed by atoms with Crippen molar-refractivity contribution in [3.05, 3.63) is 53.6 Å². The number of carbonyl (C=O) groups is 1. The third-order valence-corrected chi connectivity index (χ3v) is 3.85. The van der Waals surface area contributed by atoms with Gasteiger partial charge in [0.1, 0.15) is 17.2 Å². The fourth-order valence-corrected chi connectivity index (χ4v) is 2.65. The number of rotatable bonds is 8. The van der Waals surface area contributed by atoms with E-state index in [1.54, 1.807) is 25.3 Å². The smallest absolute Gasteiger partial charge is 0.311 e. The van der Waals surface area contributed by atoms with Crippen LogP contribution in [0.1, 0.15) is 30.9 Å². The quantitative estimate of drug-likeness (QED) is 0.787. The molecule has 25 heavy (non-hydrogen) atoms. The molecule has 134 valence electrons. The molecule has 0 heterocycles.